The second-order valence-corrected chi connectivity index (χ2v) is 11.6. The first-order valence-corrected chi connectivity index (χ1v) is 13.0. The van der Waals surface area contributed by atoms with E-state index < -0.39 is 0 Å². The Bertz CT molecular complexity index is 1280. The molecule has 0 aliphatic carbocycles. The Labute approximate surface area is 207 Å². The van der Waals surface area contributed by atoms with Crippen LogP contribution in [0.1, 0.15) is 12.5 Å². The number of hydrogen-bond donors (Lipinski definition) is 2. The lowest BCUT2D eigenvalue weighted by Gasteiger charge is -2.07. The molecule has 158 valence electrons. The molecule has 0 unspecified atom stereocenters. The fourth-order valence-electron chi connectivity index (χ4n) is 2.55. The summed E-state index contributed by atoms with van der Waals surface area (Å²) in [7, 11) is 0. The number of amides is 1. The van der Waals surface area contributed by atoms with Crippen molar-refractivity contribution in [1.82, 2.24) is 9.97 Å². The van der Waals surface area contributed by atoms with E-state index in [1.807, 2.05) is 30.5 Å². The number of thioether (sulfide) groups is 1. The fourth-order valence-corrected chi connectivity index (χ4v) is 6.58. The van der Waals surface area contributed by atoms with E-state index in [1.54, 1.807) is 24.5 Å². The second-order valence-electron chi connectivity index (χ2n) is 6.30. The predicted molar refractivity (Wildman–Crippen MR) is 136 cm³/mol. The third-order valence-electron chi connectivity index (χ3n) is 4.07. The molecule has 2 N–H and O–H groups in total. The average molecular weight is 598 g/mol. The van der Waals surface area contributed by atoms with Crippen LogP contribution in [0.15, 0.2) is 60.2 Å². The van der Waals surface area contributed by atoms with Crippen molar-refractivity contribution in [1.29, 1.82) is 0 Å². The number of anilines is 1. The number of halogens is 2. The van der Waals surface area contributed by atoms with Gasteiger partial charge in [0.1, 0.15) is 5.75 Å². The van der Waals surface area contributed by atoms with Crippen molar-refractivity contribution in [3.05, 3.63) is 56.4 Å². The van der Waals surface area contributed by atoms with Crippen LogP contribution in [0.4, 0.5) is 10.8 Å². The second kappa shape index (κ2) is 9.78. The van der Waals surface area contributed by atoms with E-state index >= 15 is 0 Å². The zero-order valence-electron chi connectivity index (χ0n) is 15.9. The molecule has 1 amide bonds. The van der Waals surface area contributed by atoms with Crippen molar-refractivity contribution in [3.8, 4) is 5.75 Å². The van der Waals surface area contributed by atoms with E-state index in [9.17, 15) is 9.90 Å². The minimum Gasteiger partial charge on any atom is -0.506 e. The highest BCUT2D eigenvalue weighted by atomic mass is 79.9. The van der Waals surface area contributed by atoms with Gasteiger partial charge in [-0.2, -0.15) is 0 Å². The van der Waals surface area contributed by atoms with Gasteiger partial charge in [0.15, 0.2) is 9.47 Å². The lowest BCUT2D eigenvalue weighted by molar-refractivity contribution is -0.115. The lowest BCUT2D eigenvalue weighted by atomic mass is 10.2. The van der Waals surface area contributed by atoms with Gasteiger partial charge in [-0.1, -0.05) is 27.7 Å². The summed E-state index contributed by atoms with van der Waals surface area (Å²) in [6.45, 7) is 1.85. The molecule has 4 rings (SSSR count). The van der Waals surface area contributed by atoms with Crippen molar-refractivity contribution >= 4 is 99.5 Å². The Hall–Kier alpha value is -1.79. The van der Waals surface area contributed by atoms with Crippen molar-refractivity contribution in [2.45, 2.75) is 16.5 Å². The smallest absolute Gasteiger partial charge is 0.239 e. The van der Waals surface area contributed by atoms with Crippen molar-refractivity contribution in [3.63, 3.8) is 0 Å². The minimum atomic E-state index is -0.306. The number of nitrogens with zero attached hydrogens (tertiary/aromatic N) is 3. The van der Waals surface area contributed by atoms with Crippen LogP contribution in [0.2, 0.25) is 0 Å². The van der Waals surface area contributed by atoms with Crippen molar-refractivity contribution in [2.24, 2.45) is 4.99 Å². The topological polar surface area (TPSA) is 87.5 Å². The quantitative estimate of drug-likeness (QED) is 0.187. The number of aromatic nitrogens is 2. The summed E-state index contributed by atoms with van der Waals surface area (Å²) in [6.07, 6.45) is 3.27. The average Bonchev–Trinajstić information content (AvgIpc) is 3.38. The first kappa shape index (κ1) is 22.4. The third kappa shape index (κ3) is 5.53. The van der Waals surface area contributed by atoms with Crippen LogP contribution in [0, 0.1) is 0 Å². The first-order valence-electron chi connectivity index (χ1n) is 8.89. The molecule has 0 aliphatic rings. The van der Waals surface area contributed by atoms with Gasteiger partial charge in [0.05, 0.1) is 25.6 Å². The van der Waals surface area contributed by atoms with Gasteiger partial charge >= 0.3 is 0 Å². The van der Waals surface area contributed by atoms with E-state index in [0.29, 0.717) is 15.2 Å². The molecule has 0 aliphatic heterocycles. The summed E-state index contributed by atoms with van der Waals surface area (Å²) in [5, 5.41) is 15.1. The van der Waals surface area contributed by atoms with Crippen molar-refractivity contribution < 1.29 is 9.90 Å². The van der Waals surface area contributed by atoms with Crippen LogP contribution in [-0.4, -0.2) is 32.4 Å². The molecule has 0 saturated heterocycles. The number of aromatic hydroxyl groups is 1. The number of benzene rings is 2. The van der Waals surface area contributed by atoms with Gasteiger partial charge < -0.3 is 10.4 Å². The Morgan fingerprint density at radius 1 is 1.32 bits per heavy atom. The van der Waals surface area contributed by atoms with Crippen LogP contribution in [-0.2, 0) is 4.79 Å². The zero-order chi connectivity index (χ0) is 22.0. The number of nitrogens with one attached hydrogen (secondary N) is 1. The van der Waals surface area contributed by atoms with Gasteiger partial charge in [0.2, 0.25) is 5.91 Å². The van der Waals surface area contributed by atoms with Gasteiger partial charge in [-0.25, -0.2) is 9.97 Å². The molecule has 11 heteroatoms. The van der Waals surface area contributed by atoms with Gasteiger partial charge in [-0.15, -0.1) is 22.7 Å². The number of thiazole rings is 2. The highest BCUT2D eigenvalue weighted by Crippen LogP contribution is 2.35. The van der Waals surface area contributed by atoms with E-state index in [2.05, 4.69) is 52.1 Å². The number of rotatable bonds is 6. The molecule has 2 heterocycles. The Kier molecular flexibility index (Phi) is 7.07. The predicted octanol–water partition coefficient (Wildman–Crippen LogP) is 6.85. The SMILES string of the molecule is C[C@@H](Sc1nc2ccc(N=Cc3cc(Br)cc(Br)c3O)cc2s1)C(=O)Nc1nccs1. The Morgan fingerprint density at radius 3 is 2.94 bits per heavy atom. The lowest BCUT2D eigenvalue weighted by Crippen LogP contribution is -2.22. The van der Waals surface area contributed by atoms with Crippen LogP contribution in [0.25, 0.3) is 10.2 Å². The Morgan fingerprint density at radius 2 is 2.16 bits per heavy atom. The highest BCUT2D eigenvalue weighted by Gasteiger charge is 2.18. The number of carbonyl (C=O) groups is 1. The molecular formula is C20H14Br2N4O2S3. The van der Waals surface area contributed by atoms with Crippen LogP contribution in [0.5, 0.6) is 5.75 Å². The molecule has 6 nitrogen and oxygen atoms in total. The normalized spacial score (nSPS) is 12.5. The summed E-state index contributed by atoms with van der Waals surface area (Å²) in [5.74, 6) is 0.0269. The van der Waals surface area contributed by atoms with Crippen molar-refractivity contribution in [2.75, 3.05) is 5.32 Å². The summed E-state index contributed by atoms with van der Waals surface area (Å²) in [6, 6.07) is 9.28. The molecule has 2 aromatic heterocycles. The van der Waals surface area contributed by atoms with Crippen LogP contribution >= 0.6 is 66.3 Å². The summed E-state index contributed by atoms with van der Waals surface area (Å²) >= 11 is 11.0. The first-order chi connectivity index (χ1) is 14.9. The zero-order valence-corrected chi connectivity index (χ0v) is 21.5. The molecule has 0 saturated carbocycles. The molecule has 1 atom stereocenters. The number of fused-ring (bicyclic) bond motifs is 1. The van der Waals surface area contributed by atoms with Gasteiger partial charge in [-0.05, 0) is 53.2 Å². The molecule has 0 radical (unpaired) electrons. The standard InChI is InChI=1S/C20H14Br2N4O2S3/c1-10(18(28)26-19-23-4-5-29-19)30-20-25-15-3-2-13(8-16(15)31-20)24-9-11-6-12(21)7-14(22)17(11)27/h2-10,27H,1H3,(H,23,26,28)/t10-/m1/s1. The van der Waals surface area contributed by atoms with Gasteiger partial charge in [-0.3, -0.25) is 9.79 Å². The Balaban J connectivity index is 1.49. The van der Waals surface area contributed by atoms with E-state index in [-0.39, 0.29) is 16.9 Å². The van der Waals surface area contributed by atoms with Gasteiger partial charge in [0, 0.05) is 27.8 Å². The molecule has 0 bridgehead atoms. The number of hydrogen-bond acceptors (Lipinski definition) is 8. The van der Waals surface area contributed by atoms with E-state index in [0.717, 1.165) is 24.7 Å². The molecule has 31 heavy (non-hydrogen) atoms. The maximum absolute atomic E-state index is 12.3. The molecule has 2 aromatic carbocycles. The monoisotopic (exact) mass is 596 g/mol. The summed E-state index contributed by atoms with van der Waals surface area (Å²) < 4.78 is 3.22. The van der Waals surface area contributed by atoms with Crippen LogP contribution in [0.3, 0.4) is 0 Å². The van der Waals surface area contributed by atoms with Gasteiger partial charge in [0.25, 0.3) is 0 Å². The third-order valence-corrected chi connectivity index (χ3v) is 8.03. The van der Waals surface area contributed by atoms with E-state index in [4.69, 9.17) is 0 Å². The molecule has 0 fully saturated rings. The number of aliphatic imine (C=N–C) groups is 1. The summed E-state index contributed by atoms with van der Waals surface area (Å²) in [4.78, 5) is 25.5. The number of phenols is 1. The minimum absolute atomic E-state index is 0.107. The molecule has 4 aromatic rings. The van der Waals surface area contributed by atoms with Crippen LogP contribution < -0.4 is 5.32 Å². The summed E-state index contributed by atoms with van der Waals surface area (Å²) in [5.41, 5.74) is 2.20. The fraction of sp³-hybridized carbons (Fsp3) is 0.100. The van der Waals surface area contributed by atoms with E-state index in [1.165, 1.54) is 34.4 Å². The maximum atomic E-state index is 12.3. The number of carbonyl (C=O) groups excluding carboxylic acids is 1. The number of phenolic OH excluding ortho intramolecular Hbond substituents is 1. The maximum Gasteiger partial charge on any atom is 0.239 e. The largest absolute Gasteiger partial charge is 0.506 e. The highest BCUT2D eigenvalue weighted by molar-refractivity contribution is 9.11. The molecular weight excluding hydrogens is 584 g/mol. The molecule has 0 spiro atoms.